The number of benzene rings is 1. The Labute approximate surface area is 109 Å². The van der Waals surface area contributed by atoms with Gasteiger partial charge in [-0.15, -0.1) is 0 Å². The molecular formula is C15H22FNO. The quantitative estimate of drug-likeness (QED) is 0.784. The highest BCUT2D eigenvalue weighted by atomic mass is 19.1. The molecule has 3 heteroatoms. The van der Waals surface area contributed by atoms with Gasteiger partial charge in [-0.1, -0.05) is 12.1 Å². The van der Waals surface area contributed by atoms with Gasteiger partial charge in [-0.2, -0.15) is 0 Å². The van der Waals surface area contributed by atoms with E-state index in [-0.39, 0.29) is 5.82 Å². The third-order valence-electron chi connectivity index (χ3n) is 3.47. The first-order chi connectivity index (χ1) is 8.65. The maximum atomic E-state index is 12.8. The minimum atomic E-state index is -0.154. The molecule has 1 aliphatic carbocycles. The molecule has 1 N–H and O–H groups in total. The Kier molecular flexibility index (Phi) is 4.72. The molecule has 100 valence electrons. The first kappa shape index (κ1) is 13.5. The predicted molar refractivity (Wildman–Crippen MR) is 71.3 cm³/mol. The van der Waals surface area contributed by atoms with Crippen LogP contribution in [0.4, 0.5) is 4.39 Å². The van der Waals surface area contributed by atoms with Crippen molar-refractivity contribution in [1.29, 1.82) is 0 Å². The fraction of sp³-hybridized carbons (Fsp3) is 0.600. The summed E-state index contributed by atoms with van der Waals surface area (Å²) in [5.74, 6) is 0.438. The fourth-order valence-corrected chi connectivity index (χ4v) is 2.35. The zero-order chi connectivity index (χ0) is 13.0. The second-order valence-electron chi connectivity index (χ2n) is 5.29. The minimum absolute atomic E-state index is 0.154. The van der Waals surface area contributed by atoms with E-state index in [2.05, 4.69) is 5.32 Å². The zero-order valence-corrected chi connectivity index (χ0v) is 11.2. The van der Waals surface area contributed by atoms with E-state index in [0.717, 1.165) is 26.0 Å². The van der Waals surface area contributed by atoms with Gasteiger partial charge in [0.15, 0.2) is 0 Å². The lowest BCUT2D eigenvalue weighted by Gasteiger charge is -2.36. The summed E-state index contributed by atoms with van der Waals surface area (Å²) in [4.78, 5) is 0. The lowest BCUT2D eigenvalue weighted by Crippen LogP contribution is -2.41. The molecular weight excluding hydrogens is 229 g/mol. The van der Waals surface area contributed by atoms with Crippen LogP contribution in [0.5, 0.6) is 0 Å². The number of nitrogens with one attached hydrogen (secondary N) is 1. The summed E-state index contributed by atoms with van der Waals surface area (Å²) in [6.07, 6.45) is 2.60. The van der Waals surface area contributed by atoms with Gasteiger partial charge in [-0.3, -0.25) is 0 Å². The molecule has 0 radical (unpaired) electrons. The Morgan fingerprint density at radius 2 is 1.94 bits per heavy atom. The van der Waals surface area contributed by atoms with E-state index in [0.29, 0.717) is 18.1 Å². The maximum Gasteiger partial charge on any atom is 0.123 e. The molecule has 1 saturated carbocycles. The van der Waals surface area contributed by atoms with Crippen molar-refractivity contribution in [3.05, 3.63) is 35.6 Å². The summed E-state index contributed by atoms with van der Waals surface area (Å²) in [6.45, 7) is 5.79. The summed E-state index contributed by atoms with van der Waals surface area (Å²) in [7, 11) is 0. The molecule has 2 nitrogen and oxygen atoms in total. The minimum Gasteiger partial charge on any atom is -0.377 e. The molecule has 0 spiro atoms. The average Bonchev–Trinajstić information content (AvgIpc) is 2.28. The summed E-state index contributed by atoms with van der Waals surface area (Å²) in [6, 6.07) is 7.49. The number of rotatable bonds is 6. The van der Waals surface area contributed by atoms with Crippen LogP contribution in [-0.4, -0.2) is 25.3 Å². The molecule has 1 aromatic carbocycles. The van der Waals surface area contributed by atoms with E-state index >= 15 is 0 Å². The molecule has 18 heavy (non-hydrogen) atoms. The van der Waals surface area contributed by atoms with Crippen LogP contribution >= 0.6 is 0 Å². The SMILES string of the molecule is CC(C)OCCNC1CC(c2ccc(F)cc2)C1. The Balaban J connectivity index is 1.63. The van der Waals surface area contributed by atoms with E-state index < -0.39 is 0 Å². The van der Waals surface area contributed by atoms with Gasteiger partial charge in [0.1, 0.15) is 5.82 Å². The Morgan fingerprint density at radius 3 is 2.56 bits per heavy atom. The van der Waals surface area contributed by atoms with Crippen LogP contribution in [0.15, 0.2) is 24.3 Å². The second kappa shape index (κ2) is 6.30. The topological polar surface area (TPSA) is 21.3 Å². The normalized spacial score (nSPS) is 23.1. The number of halogens is 1. The van der Waals surface area contributed by atoms with E-state index in [4.69, 9.17) is 4.74 Å². The van der Waals surface area contributed by atoms with Crippen LogP contribution in [0.2, 0.25) is 0 Å². The first-order valence-corrected chi connectivity index (χ1v) is 6.75. The molecule has 0 unspecified atom stereocenters. The highest BCUT2D eigenvalue weighted by Crippen LogP contribution is 2.36. The smallest absolute Gasteiger partial charge is 0.123 e. The van der Waals surface area contributed by atoms with Gasteiger partial charge in [0, 0.05) is 12.6 Å². The molecule has 1 fully saturated rings. The summed E-state index contributed by atoms with van der Waals surface area (Å²) in [5, 5.41) is 3.49. The summed E-state index contributed by atoms with van der Waals surface area (Å²) in [5.41, 5.74) is 1.26. The molecule has 1 aliphatic rings. The van der Waals surface area contributed by atoms with Crippen molar-refractivity contribution in [2.24, 2.45) is 0 Å². The molecule has 0 aliphatic heterocycles. The fourth-order valence-electron chi connectivity index (χ4n) is 2.35. The predicted octanol–water partition coefficient (Wildman–Crippen LogP) is 3.09. The molecule has 2 rings (SSSR count). The highest BCUT2D eigenvalue weighted by molar-refractivity contribution is 5.23. The van der Waals surface area contributed by atoms with Crippen LogP contribution in [0.3, 0.4) is 0 Å². The Hall–Kier alpha value is -0.930. The van der Waals surface area contributed by atoms with Crippen molar-refractivity contribution in [2.45, 2.75) is 44.8 Å². The lowest BCUT2D eigenvalue weighted by atomic mass is 9.76. The maximum absolute atomic E-state index is 12.8. The third kappa shape index (κ3) is 3.79. The van der Waals surface area contributed by atoms with Gasteiger partial charge < -0.3 is 10.1 Å². The van der Waals surface area contributed by atoms with Gasteiger partial charge in [-0.05, 0) is 50.3 Å². The van der Waals surface area contributed by atoms with Gasteiger partial charge in [0.2, 0.25) is 0 Å². The Morgan fingerprint density at radius 1 is 1.28 bits per heavy atom. The van der Waals surface area contributed by atoms with Gasteiger partial charge in [-0.25, -0.2) is 4.39 Å². The Bertz CT molecular complexity index is 357. The monoisotopic (exact) mass is 251 g/mol. The standard InChI is InChI=1S/C15H22FNO/c1-11(2)18-8-7-17-15-9-13(10-15)12-3-5-14(16)6-4-12/h3-6,11,13,15,17H,7-10H2,1-2H3. The van der Waals surface area contributed by atoms with Crippen LogP contribution in [0.1, 0.15) is 38.2 Å². The number of ether oxygens (including phenoxy) is 1. The molecule has 0 bridgehead atoms. The summed E-state index contributed by atoms with van der Waals surface area (Å²) >= 11 is 0. The molecule has 0 heterocycles. The lowest BCUT2D eigenvalue weighted by molar-refractivity contribution is 0.0767. The first-order valence-electron chi connectivity index (χ1n) is 6.75. The van der Waals surface area contributed by atoms with Crippen molar-refractivity contribution in [3.63, 3.8) is 0 Å². The third-order valence-corrected chi connectivity index (χ3v) is 3.47. The van der Waals surface area contributed by atoms with Crippen LogP contribution in [0.25, 0.3) is 0 Å². The van der Waals surface area contributed by atoms with E-state index in [1.807, 2.05) is 26.0 Å². The van der Waals surface area contributed by atoms with Crippen molar-refractivity contribution >= 4 is 0 Å². The van der Waals surface area contributed by atoms with Crippen LogP contribution in [-0.2, 0) is 4.74 Å². The van der Waals surface area contributed by atoms with E-state index in [9.17, 15) is 4.39 Å². The van der Waals surface area contributed by atoms with Crippen molar-refractivity contribution < 1.29 is 9.13 Å². The van der Waals surface area contributed by atoms with Crippen LogP contribution < -0.4 is 5.32 Å². The number of hydrogen-bond acceptors (Lipinski definition) is 2. The van der Waals surface area contributed by atoms with Crippen LogP contribution in [0, 0.1) is 5.82 Å². The van der Waals surface area contributed by atoms with Crippen molar-refractivity contribution in [1.82, 2.24) is 5.32 Å². The molecule has 0 aromatic heterocycles. The van der Waals surface area contributed by atoms with Gasteiger partial charge >= 0.3 is 0 Å². The van der Waals surface area contributed by atoms with E-state index in [1.54, 1.807) is 12.1 Å². The molecule has 0 atom stereocenters. The molecule has 1 aromatic rings. The van der Waals surface area contributed by atoms with E-state index in [1.165, 1.54) is 5.56 Å². The van der Waals surface area contributed by atoms with Crippen molar-refractivity contribution in [2.75, 3.05) is 13.2 Å². The highest BCUT2D eigenvalue weighted by Gasteiger charge is 2.29. The zero-order valence-electron chi connectivity index (χ0n) is 11.2. The second-order valence-corrected chi connectivity index (χ2v) is 5.29. The molecule has 0 amide bonds. The largest absolute Gasteiger partial charge is 0.377 e. The number of hydrogen-bond donors (Lipinski definition) is 1. The van der Waals surface area contributed by atoms with Gasteiger partial charge in [0.25, 0.3) is 0 Å². The van der Waals surface area contributed by atoms with Crippen molar-refractivity contribution in [3.8, 4) is 0 Å². The average molecular weight is 251 g/mol. The summed E-state index contributed by atoms with van der Waals surface area (Å²) < 4.78 is 18.3. The van der Waals surface area contributed by atoms with Gasteiger partial charge in [0.05, 0.1) is 12.7 Å². The molecule has 0 saturated heterocycles.